The van der Waals surface area contributed by atoms with Crippen molar-refractivity contribution in [1.29, 1.82) is 0 Å². The van der Waals surface area contributed by atoms with Gasteiger partial charge in [0.05, 0.1) is 9.95 Å². The first-order valence-corrected chi connectivity index (χ1v) is 5.12. The van der Waals surface area contributed by atoms with Gasteiger partial charge in [0.2, 0.25) is 0 Å². The molecule has 0 aliphatic rings. The van der Waals surface area contributed by atoms with Crippen LogP contribution in [-0.2, 0) is 0 Å². The third kappa shape index (κ3) is 3.57. The average molecular weight is 255 g/mol. The van der Waals surface area contributed by atoms with Crippen LogP contribution in [0.5, 0.6) is 0 Å². The molecule has 90 valence electrons. The molecule has 0 fully saturated rings. The van der Waals surface area contributed by atoms with Gasteiger partial charge in [0.15, 0.2) is 5.78 Å². The Bertz CT molecular complexity index is 484. The molecule has 6 heteroatoms. The summed E-state index contributed by atoms with van der Waals surface area (Å²) in [5.41, 5.74) is -0.0324. The zero-order valence-electron chi connectivity index (χ0n) is 9.38. The van der Waals surface area contributed by atoms with Gasteiger partial charge in [-0.3, -0.25) is 14.9 Å². The molecular weight excluding hydrogens is 244 g/mol. The third-order valence-corrected chi connectivity index (χ3v) is 2.28. The van der Waals surface area contributed by atoms with Crippen molar-refractivity contribution in [2.45, 2.75) is 0 Å². The maximum absolute atomic E-state index is 11.7. The maximum atomic E-state index is 11.7. The van der Waals surface area contributed by atoms with Gasteiger partial charge >= 0.3 is 0 Å². The summed E-state index contributed by atoms with van der Waals surface area (Å²) in [7, 11) is 3.53. The van der Waals surface area contributed by atoms with Crippen LogP contribution in [0.15, 0.2) is 30.5 Å². The van der Waals surface area contributed by atoms with Crippen molar-refractivity contribution in [3.8, 4) is 0 Å². The van der Waals surface area contributed by atoms with Crippen molar-refractivity contribution in [3.05, 3.63) is 51.2 Å². The highest BCUT2D eigenvalue weighted by atomic mass is 35.5. The molecule has 0 N–H and O–H groups in total. The number of hydrogen-bond donors (Lipinski definition) is 0. The summed E-state index contributed by atoms with van der Waals surface area (Å²) < 4.78 is 0. The third-order valence-electron chi connectivity index (χ3n) is 1.95. The second-order valence-corrected chi connectivity index (χ2v) is 3.97. The Morgan fingerprint density at radius 3 is 2.65 bits per heavy atom. The van der Waals surface area contributed by atoms with Gasteiger partial charge in [-0.1, -0.05) is 11.6 Å². The van der Waals surface area contributed by atoms with Crippen molar-refractivity contribution in [3.63, 3.8) is 0 Å². The van der Waals surface area contributed by atoms with Crippen LogP contribution >= 0.6 is 11.6 Å². The molecule has 1 aromatic carbocycles. The molecule has 0 spiro atoms. The zero-order chi connectivity index (χ0) is 13.0. The quantitative estimate of drug-likeness (QED) is 0.358. The maximum Gasteiger partial charge on any atom is 0.270 e. The van der Waals surface area contributed by atoms with Gasteiger partial charge in [-0.25, -0.2) is 0 Å². The van der Waals surface area contributed by atoms with E-state index < -0.39 is 4.92 Å². The fourth-order valence-electron chi connectivity index (χ4n) is 1.12. The molecule has 0 amide bonds. The average Bonchev–Trinajstić information content (AvgIpc) is 2.26. The van der Waals surface area contributed by atoms with E-state index in [9.17, 15) is 14.9 Å². The molecule has 0 bridgehead atoms. The minimum absolute atomic E-state index is 0.124. The lowest BCUT2D eigenvalue weighted by molar-refractivity contribution is -0.384. The number of nitro groups is 1. The van der Waals surface area contributed by atoms with Crippen LogP contribution in [0.25, 0.3) is 0 Å². The fourth-order valence-corrected chi connectivity index (χ4v) is 1.33. The molecule has 0 heterocycles. The summed E-state index contributed by atoms with van der Waals surface area (Å²) >= 11 is 5.82. The fraction of sp³-hybridized carbons (Fsp3) is 0.182. The van der Waals surface area contributed by atoms with Crippen LogP contribution in [0.4, 0.5) is 5.69 Å². The Morgan fingerprint density at radius 2 is 2.12 bits per heavy atom. The van der Waals surface area contributed by atoms with Crippen molar-refractivity contribution in [2.75, 3.05) is 14.1 Å². The molecule has 0 saturated heterocycles. The van der Waals surface area contributed by atoms with Gasteiger partial charge in [-0.15, -0.1) is 0 Å². The first-order valence-electron chi connectivity index (χ1n) is 4.74. The van der Waals surface area contributed by atoms with Crippen LogP contribution < -0.4 is 0 Å². The minimum Gasteiger partial charge on any atom is -0.383 e. The van der Waals surface area contributed by atoms with Crippen molar-refractivity contribution >= 4 is 23.1 Å². The molecular formula is C11H11ClN2O3. The predicted molar refractivity (Wildman–Crippen MR) is 65.3 cm³/mol. The van der Waals surface area contributed by atoms with Gasteiger partial charge in [0.25, 0.3) is 5.69 Å². The number of carbonyl (C=O) groups excluding carboxylic acids is 1. The summed E-state index contributed by atoms with van der Waals surface area (Å²) in [4.78, 5) is 23.4. The highest BCUT2D eigenvalue weighted by Crippen LogP contribution is 2.22. The van der Waals surface area contributed by atoms with Crippen molar-refractivity contribution in [2.24, 2.45) is 0 Å². The summed E-state index contributed by atoms with van der Waals surface area (Å²) in [6, 6.07) is 3.77. The van der Waals surface area contributed by atoms with E-state index in [-0.39, 0.29) is 22.1 Å². The Kier molecular flexibility index (Phi) is 4.23. The number of nitro benzene ring substituents is 1. The SMILES string of the molecule is CN(C)/C=C\C(=O)c1cc([N+](=O)[O-])ccc1Cl. The summed E-state index contributed by atoms with van der Waals surface area (Å²) in [5.74, 6) is -0.368. The molecule has 0 atom stereocenters. The van der Waals surface area contributed by atoms with E-state index in [0.717, 1.165) is 0 Å². The van der Waals surface area contributed by atoms with Gasteiger partial charge < -0.3 is 4.90 Å². The molecule has 0 radical (unpaired) electrons. The predicted octanol–water partition coefficient (Wildman–Crippen LogP) is 2.51. The lowest BCUT2D eigenvalue weighted by Crippen LogP contribution is -2.04. The summed E-state index contributed by atoms with van der Waals surface area (Å²) in [6.07, 6.45) is 2.86. The molecule has 0 unspecified atom stereocenters. The number of rotatable bonds is 4. The molecule has 0 saturated carbocycles. The number of non-ortho nitro benzene ring substituents is 1. The normalized spacial score (nSPS) is 10.5. The lowest BCUT2D eigenvalue weighted by Gasteiger charge is -2.03. The monoisotopic (exact) mass is 254 g/mol. The highest BCUT2D eigenvalue weighted by molar-refractivity contribution is 6.34. The van der Waals surface area contributed by atoms with E-state index >= 15 is 0 Å². The van der Waals surface area contributed by atoms with Crippen molar-refractivity contribution < 1.29 is 9.72 Å². The minimum atomic E-state index is -0.567. The number of ketones is 1. The van der Waals surface area contributed by atoms with Crippen molar-refractivity contribution in [1.82, 2.24) is 4.90 Å². The van der Waals surface area contributed by atoms with Crippen LogP contribution in [-0.4, -0.2) is 29.7 Å². The van der Waals surface area contributed by atoms with Gasteiger partial charge in [0, 0.05) is 44.1 Å². The first-order chi connectivity index (χ1) is 7.91. The molecule has 5 nitrogen and oxygen atoms in total. The molecule has 17 heavy (non-hydrogen) atoms. The summed E-state index contributed by atoms with van der Waals surface area (Å²) in [5, 5.41) is 10.8. The number of halogens is 1. The molecule has 1 rings (SSSR count). The number of nitrogens with zero attached hydrogens (tertiary/aromatic N) is 2. The van der Waals surface area contributed by atoms with Crippen LogP contribution in [0, 0.1) is 10.1 Å². The van der Waals surface area contributed by atoms with E-state index in [0.29, 0.717) is 0 Å². The van der Waals surface area contributed by atoms with E-state index in [1.807, 2.05) is 0 Å². The highest BCUT2D eigenvalue weighted by Gasteiger charge is 2.13. The number of hydrogen-bond acceptors (Lipinski definition) is 4. The summed E-state index contributed by atoms with van der Waals surface area (Å²) in [6.45, 7) is 0. The number of benzene rings is 1. The van der Waals surface area contributed by atoms with Gasteiger partial charge in [0.1, 0.15) is 0 Å². The van der Waals surface area contributed by atoms with Crippen LogP contribution in [0.1, 0.15) is 10.4 Å². The van der Waals surface area contributed by atoms with E-state index in [1.165, 1.54) is 24.3 Å². The van der Waals surface area contributed by atoms with E-state index in [4.69, 9.17) is 11.6 Å². The smallest absolute Gasteiger partial charge is 0.270 e. The second kappa shape index (κ2) is 5.45. The molecule has 0 aliphatic heterocycles. The standard InChI is InChI=1S/C11H11ClN2O3/c1-13(2)6-5-11(15)9-7-8(14(16)17)3-4-10(9)12/h3-7H,1-2H3/b6-5-. The lowest BCUT2D eigenvalue weighted by atomic mass is 10.1. The number of allylic oxidation sites excluding steroid dienone is 1. The molecule has 1 aromatic rings. The van der Waals surface area contributed by atoms with Gasteiger partial charge in [-0.2, -0.15) is 0 Å². The van der Waals surface area contributed by atoms with E-state index in [1.54, 1.807) is 25.2 Å². The zero-order valence-corrected chi connectivity index (χ0v) is 10.1. The largest absolute Gasteiger partial charge is 0.383 e. The first kappa shape index (κ1) is 13.2. The molecule has 0 aromatic heterocycles. The molecule has 0 aliphatic carbocycles. The van der Waals surface area contributed by atoms with Gasteiger partial charge in [-0.05, 0) is 6.07 Å². The Hall–Kier alpha value is -1.88. The van der Waals surface area contributed by atoms with Crippen LogP contribution in [0.3, 0.4) is 0 Å². The number of carbonyl (C=O) groups is 1. The Labute approximate surface area is 103 Å². The Balaban J connectivity index is 3.08. The van der Waals surface area contributed by atoms with E-state index in [2.05, 4.69) is 0 Å². The second-order valence-electron chi connectivity index (χ2n) is 3.56. The van der Waals surface area contributed by atoms with Crippen LogP contribution in [0.2, 0.25) is 5.02 Å². The Morgan fingerprint density at radius 1 is 1.47 bits per heavy atom. The topological polar surface area (TPSA) is 63.5 Å².